The van der Waals surface area contributed by atoms with Gasteiger partial charge in [-0.1, -0.05) is 11.3 Å². The Labute approximate surface area is 158 Å². The van der Waals surface area contributed by atoms with Crippen LogP contribution in [-0.4, -0.2) is 37.2 Å². The third-order valence-electron chi connectivity index (χ3n) is 3.42. The third kappa shape index (κ3) is 5.13. The van der Waals surface area contributed by atoms with Gasteiger partial charge in [0.1, 0.15) is 10.7 Å². The number of aryl methyl sites for hydroxylation is 1. The van der Waals surface area contributed by atoms with Gasteiger partial charge in [-0.15, -0.1) is 20.4 Å². The molecule has 0 spiro atoms. The van der Waals surface area contributed by atoms with Gasteiger partial charge in [0.15, 0.2) is 0 Å². The van der Waals surface area contributed by atoms with E-state index in [9.17, 15) is 21.6 Å². The predicted molar refractivity (Wildman–Crippen MR) is 97.4 cm³/mol. The van der Waals surface area contributed by atoms with E-state index in [0.29, 0.717) is 23.8 Å². The van der Waals surface area contributed by atoms with Crippen LogP contribution >= 0.6 is 11.3 Å². The zero-order chi connectivity index (χ0) is 20.2. The lowest BCUT2D eigenvalue weighted by Crippen LogP contribution is -2.30. The Balaban J connectivity index is 2.47. The van der Waals surface area contributed by atoms with Crippen molar-refractivity contribution in [2.45, 2.75) is 26.3 Å². The molecule has 0 amide bonds. The van der Waals surface area contributed by atoms with Crippen molar-refractivity contribution < 1.29 is 21.6 Å². The summed E-state index contributed by atoms with van der Waals surface area (Å²) in [5.41, 5.74) is -5.32. The number of aromatic nitrogens is 2. The van der Waals surface area contributed by atoms with Gasteiger partial charge in [0, 0.05) is 18.8 Å². The number of rotatable bonds is 7. The largest absolute Gasteiger partial charge is 0.516 e. The number of hydrogen-bond donors (Lipinski definition) is 1. The van der Waals surface area contributed by atoms with Gasteiger partial charge < -0.3 is 4.90 Å². The first kappa shape index (κ1) is 21.0. The molecule has 0 saturated carbocycles. The summed E-state index contributed by atoms with van der Waals surface area (Å²) in [4.78, 5) is 1.85. The van der Waals surface area contributed by atoms with E-state index in [0.717, 1.165) is 11.3 Å². The zero-order valence-electron chi connectivity index (χ0n) is 14.6. The first-order chi connectivity index (χ1) is 12.6. The summed E-state index contributed by atoms with van der Waals surface area (Å²) in [6, 6.07) is 4.30. The number of nitrogens with zero attached hydrogens (tertiary/aromatic N) is 5. The quantitative estimate of drug-likeness (QED) is 0.668. The molecule has 1 heterocycles. The van der Waals surface area contributed by atoms with Crippen LogP contribution in [0, 0.1) is 6.92 Å². The van der Waals surface area contributed by atoms with Crippen LogP contribution in [0.25, 0.3) is 0 Å². The van der Waals surface area contributed by atoms with Crippen LogP contribution in [0.1, 0.15) is 18.9 Å². The lowest BCUT2D eigenvalue weighted by molar-refractivity contribution is -0.0429. The molecule has 13 heteroatoms. The fourth-order valence-corrected chi connectivity index (χ4v) is 3.18. The fourth-order valence-electron chi connectivity index (χ4n) is 2.10. The van der Waals surface area contributed by atoms with E-state index in [1.54, 1.807) is 17.7 Å². The summed E-state index contributed by atoms with van der Waals surface area (Å²) >= 11 is 1.14. The van der Waals surface area contributed by atoms with E-state index in [1.165, 1.54) is 12.1 Å². The lowest BCUT2D eigenvalue weighted by Gasteiger charge is -2.22. The molecule has 0 atom stereocenters. The minimum atomic E-state index is -5.60. The van der Waals surface area contributed by atoms with Gasteiger partial charge in [0.2, 0.25) is 0 Å². The molecule has 2 rings (SSSR count). The summed E-state index contributed by atoms with van der Waals surface area (Å²) in [5.74, 6) is 0. The maximum atomic E-state index is 12.8. The Morgan fingerprint density at radius 3 is 2.37 bits per heavy atom. The topological polar surface area (TPSA) is 99.9 Å². The van der Waals surface area contributed by atoms with Gasteiger partial charge in [-0.05, 0) is 39.0 Å². The average molecular weight is 422 g/mol. The number of benzene rings is 1. The van der Waals surface area contributed by atoms with E-state index in [1.807, 2.05) is 18.7 Å². The van der Waals surface area contributed by atoms with Crippen LogP contribution in [0.2, 0.25) is 0 Å². The Morgan fingerprint density at radius 1 is 1.19 bits per heavy atom. The number of azo groups is 1. The van der Waals surface area contributed by atoms with Crippen molar-refractivity contribution in [3.05, 3.63) is 23.2 Å². The standard InChI is InChI=1S/C14H17F3N6O2S2/c1-4-23(5-2)10-6-7-11(19-21-13-20-18-9(3)26-13)12(8-10)22-27(24,25)14(15,16)17/h6-8,22H,4-5H2,1-3H3. The van der Waals surface area contributed by atoms with Gasteiger partial charge in [-0.25, -0.2) is 0 Å². The maximum Gasteiger partial charge on any atom is 0.516 e. The fraction of sp³-hybridized carbons (Fsp3) is 0.429. The monoisotopic (exact) mass is 422 g/mol. The van der Waals surface area contributed by atoms with Gasteiger partial charge in [0.05, 0.1) is 5.69 Å². The molecular formula is C14H17F3N6O2S2. The zero-order valence-corrected chi connectivity index (χ0v) is 16.3. The van der Waals surface area contributed by atoms with E-state index in [-0.39, 0.29) is 16.5 Å². The van der Waals surface area contributed by atoms with E-state index < -0.39 is 15.5 Å². The summed E-state index contributed by atoms with van der Waals surface area (Å²) < 4.78 is 62.9. The van der Waals surface area contributed by atoms with Crippen molar-refractivity contribution in [3.63, 3.8) is 0 Å². The second kappa shape index (κ2) is 8.17. The molecule has 2 aromatic rings. The van der Waals surface area contributed by atoms with Gasteiger partial charge in [-0.3, -0.25) is 4.72 Å². The normalized spacial score (nSPS) is 12.5. The second-order valence-corrected chi connectivity index (χ2v) is 8.06. The highest BCUT2D eigenvalue weighted by Gasteiger charge is 2.46. The SMILES string of the molecule is CCN(CC)c1ccc(N=Nc2nnc(C)s2)c(NS(=O)(=O)C(F)(F)F)c1. The predicted octanol–water partition coefficient (Wildman–Crippen LogP) is 4.37. The molecule has 0 aliphatic rings. The molecular weight excluding hydrogens is 405 g/mol. The number of halogens is 3. The summed E-state index contributed by atoms with van der Waals surface area (Å²) in [6.45, 7) is 6.63. The van der Waals surface area contributed by atoms with Crippen molar-refractivity contribution in [2.75, 3.05) is 22.7 Å². The van der Waals surface area contributed by atoms with Crippen LogP contribution < -0.4 is 9.62 Å². The molecule has 0 saturated heterocycles. The number of hydrogen-bond acceptors (Lipinski definition) is 8. The second-order valence-electron chi connectivity index (χ2n) is 5.23. The maximum absolute atomic E-state index is 12.8. The lowest BCUT2D eigenvalue weighted by atomic mass is 10.2. The van der Waals surface area contributed by atoms with Crippen LogP contribution in [0.4, 0.5) is 35.4 Å². The third-order valence-corrected chi connectivity index (χ3v) is 5.24. The van der Waals surface area contributed by atoms with Crippen LogP contribution in [0.3, 0.4) is 0 Å². The molecule has 148 valence electrons. The average Bonchev–Trinajstić information content (AvgIpc) is 2.99. The Morgan fingerprint density at radius 2 is 1.85 bits per heavy atom. The first-order valence-corrected chi connectivity index (χ1v) is 10.1. The Hall–Kier alpha value is -2.28. The van der Waals surface area contributed by atoms with Crippen molar-refractivity contribution >= 4 is 43.6 Å². The van der Waals surface area contributed by atoms with Gasteiger partial charge >= 0.3 is 15.5 Å². The van der Waals surface area contributed by atoms with Crippen LogP contribution in [0.5, 0.6) is 0 Å². The smallest absolute Gasteiger partial charge is 0.372 e. The molecule has 1 N–H and O–H groups in total. The number of anilines is 2. The summed E-state index contributed by atoms with van der Waals surface area (Å²) in [6.07, 6.45) is 0. The minimum absolute atomic E-state index is 0.0772. The Kier molecular flexibility index (Phi) is 6.36. The molecule has 0 aliphatic heterocycles. The van der Waals surface area contributed by atoms with E-state index in [2.05, 4.69) is 20.4 Å². The van der Waals surface area contributed by atoms with Crippen molar-refractivity contribution in [1.82, 2.24) is 10.2 Å². The number of sulfonamides is 1. The summed E-state index contributed by atoms with van der Waals surface area (Å²) in [7, 11) is -5.60. The van der Waals surface area contributed by atoms with Gasteiger partial charge in [-0.2, -0.15) is 21.6 Å². The van der Waals surface area contributed by atoms with E-state index >= 15 is 0 Å². The van der Waals surface area contributed by atoms with Crippen LogP contribution in [-0.2, 0) is 10.0 Å². The first-order valence-electron chi connectivity index (χ1n) is 7.77. The van der Waals surface area contributed by atoms with Crippen LogP contribution in [0.15, 0.2) is 28.4 Å². The number of nitrogens with one attached hydrogen (secondary N) is 1. The Bertz CT molecular complexity index is 923. The molecule has 0 radical (unpaired) electrons. The van der Waals surface area contributed by atoms with Gasteiger partial charge in [0.25, 0.3) is 5.13 Å². The molecule has 1 aromatic heterocycles. The molecule has 27 heavy (non-hydrogen) atoms. The molecule has 0 fully saturated rings. The number of alkyl halides is 3. The van der Waals surface area contributed by atoms with Crippen molar-refractivity contribution in [3.8, 4) is 0 Å². The highest BCUT2D eigenvalue weighted by molar-refractivity contribution is 7.93. The van der Waals surface area contributed by atoms with Crippen molar-refractivity contribution in [1.29, 1.82) is 0 Å². The highest BCUT2D eigenvalue weighted by Crippen LogP contribution is 2.35. The highest BCUT2D eigenvalue weighted by atomic mass is 32.2. The molecule has 1 aromatic carbocycles. The van der Waals surface area contributed by atoms with E-state index in [4.69, 9.17) is 0 Å². The molecule has 8 nitrogen and oxygen atoms in total. The molecule has 0 bridgehead atoms. The summed E-state index contributed by atoms with van der Waals surface area (Å²) in [5, 5.41) is 15.9. The van der Waals surface area contributed by atoms with Crippen molar-refractivity contribution in [2.24, 2.45) is 10.2 Å². The molecule has 0 unspecified atom stereocenters. The molecule has 0 aliphatic carbocycles. The minimum Gasteiger partial charge on any atom is -0.372 e.